The van der Waals surface area contributed by atoms with Gasteiger partial charge in [0.2, 0.25) is 0 Å². The Kier molecular flexibility index (Phi) is 5.79. The average Bonchev–Trinajstić information content (AvgIpc) is 2.16. The summed E-state index contributed by atoms with van der Waals surface area (Å²) >= 11 is 0. The Morgan fingerprint density at radius 2 is 1.73 bits per heavy atom. The summed E-state index contributed by atoms with van der Waals surface area (Å²) in [4.78, 5) is 32.7. The SMILES string of the molecule is CC(=O)CC/C(C(=O)NP)=C(\C)C(=O)O. The molecule has 1 unspecified atom stereocenters. The fraction of sp³-hybridized carbons (Fsp3) is 0.444. The molecule has 84 valence electrons. The van der Waals surface area contributed by atoms with Crippen molar-refractivity contribution in [2.24, 2.45) is 0 Å². The van der Waals surface area contributed by atoms with Crippen molar-refractivity contribution in [1.29, 1.82) is 0 Å². The van der Waals surface area contributed by atoms with Crippen molar-refractivity contribution in [1.82, 2.24) is 5.09 Å². The fourth-order valence-electron chi connectivity index (χ4n) is 0.989. The van der Waals surface area contributed by atoms with E-state index in [4.69, 9.17) is 5.11 Å². The number of carbonyl (C=O) groups is 3. The maximum absolute atomic E-state index is 11.3. The van der Waals surface area contributed by atoms with Gasteiger partial charge in [-0.2, -0.15) is 0 Å². The molecule has 6 heteroatoms. The Hall–Kier alpha value is -1.22. The van der Waals surface area contributed by atoms with Gasteiger partial charge in [-0.25, -0.2) is 4.79 Å². The average molecular weight is 231 g/mol. The molecule has 0 fully saturated rings. The molecule has 0 aromatic carbocycles. The third-order valence-electron chi connectivity index (χ3n) is 1.91. The summed E-state index contributed by atoms with van der Waals surface area (Å²) in [6, 6.07) is 0. The molecule has 1 atom stereocenters. The molecule has 0 aliphatic carbocycles. The molecule has 1 amide bonds. The van der Waals surface area contributed by atoms with Gasteiger partial charge in [0.05, 0.1) is 0 Å². The van der Waals surface area contributed by atoms with E-state index in [2.05, 4.69) is 5.09 Å². The predicted octanol–water partition coefficient (Wildman–Crippen LogP) is 0.663. The second kappa shape index (κ2) is 6.30. The molecule has 0 aliphatic heterocycles. The highest BCUT2D eigenvalue weighted by atomic mass is 31.0. The van der Waals surface area contributed by atoms with E-state index in [9.17, 15) is 14.4 Å². The Labute approximate surface area is 90.2 Å². The Balaban J connectivity index is 4.89. The number of rotatable bonds is 5. The van der Waals surface area contributed by atoms with Crippen molar-refractivity contribution in [3.8, 4) is 0 Å². The molecule has 0 radical (unpaired) electrons. The summed E-state index contributed by atoms with van der Waals surface area (Å²) in [5, 5.41) is 11.0. The standard InChI is InChI=1S/C9H14NO4P/c1-5(11)3-4-7(8(12)10-15)6(2)9(13)14/h3-4,15H2,1-2H3,(H,10,12)(H,13,14)/b7-6-. The van der Waals surface area contributed by atoms with Crippen LogP contribution in [0.15, 0.2) is 11.1 Å². The van der Waals surface area contributed by atoms with Crippen LogP contribution in [0.4, 0.5) is 0 Å². The minimum absolute atomic E-state index is 0.0313. The second-order valence-corrected chi connectivity index (χ2v) is 3.37. The van der Waals surface area contributed by atoms with E-state index < -0.39 is 11.9 Å². The number of nitrogens with one attached hydrogen (secondary N) is 1. The number of hydrogen-bond donors (Lipinski definition) is 2. The van der Waals surface area contributed by atoms with Crippen LogP contribution in [-0.4, -0.2) is 22.8 Å². The normalized spacial score (nSPS) is 11.7. The molecule has 0 aromatic heterocycles. The van der Waals surface area contributed by atoms with Crippen LogP contribution in [0.25, 0.3) is 0 Å². The lowest BCUT2D eigenvalue weighted by atomic mass is 10.0. The first kappa shape index (κ1) is 13.8. The van der Waals surface area contributed by atoms with Gasteiger partial charge in [-0.15, -0.1) is 0 Å². The molecule has 15 heavy (non-hydrogen) atoms. The second-order valence-electron chi connectivity index (χ2n) is 3.08. The topological polar surface area (TPSA) is 83.5 Å². The number of aliphatic carboxylic acids is 1. The zero-order valence-electron chi connectivity index (χ0n) is 8.66. The Morgan fingerprint density at radius 3 is 2.07 bits per heavy atom. The number of amides is 1. The van der Waals surface area contributed by atoms with Gasteiger partial charge in [-0.1, -0.05) is 0 Å². The minimum Gasteiger partial charge on any atom is -0.478 e. The monoisotopic (exact) mass is 231 g/mol. The lowest BCUT2D eigenvalue weighted by Crippen LogP contribution is -2.19. The van der Waals surface area contributed by atoms with Gasteiger partial charge >= 0.3 is 5.97 Å². The zero-order valence-corrected chi connectivity index (χ0v) is 9.82. The van der Waals surface area contributed by atoms with Crippen molar-refractivity contribution < 1.29 is 19.5 Å². The predicted molar refractivity (Wildman–Crippen MR) is 58.1 cm³/mol. The van der Waals surface area contributed by atoms with Crippen LogP contribution < -0.4 is 5.09 Å². The molecule has 2 N–H and O–H groups in total. The summed E-state index contributed by atoms with van der Waals surface area (Å²) in [5.41, 5.74) is 0.101. The van der Waals surface area contributed by atoms with Crippen molar-refractivity contribution in [2.45, 2.75) is 26.7 Å². The van der Waals surface area contributed by atoms with E-state index >= 15 is 0 Å². The van der Waals surface area contributed by atoms with Crippen LogP contribution in [0.1, 0.15) is 26.7 Å². The van der Waals surface area contributed by atoms with Crippen LogP contribution >= 0.6 is 9.39 Å². The van der Waals surface area contributed by atoms with Crippen LogP contribution in [0.2, 0.25) is 0 Å². The number of ketones is 1. The molecule has 5 nitrogen and oxygen atoms in total. The first-order valence-corrected chi connectivity index (χ1v) is 4.91. The van der Waals surface area contributed by atoms with Gasteiger partial charge in [0.1, 0.15) is 5.78 Å². The van der Waals surface area contributed by atoms with E-state index in [0.717, 1.165) is 0 Å². The fourth-order valence-corrected chi connectivity index (χ4v) is 1.16. The van der Waals surface area contributed by atoms with Gasteiger partial charge in [0.25, 0.3) is 5.91 Å². The summed E-state index contributed by atoms with van der Waals surface area (Å²) < 4.78 is 0. The smallest absolute Gasteiger partial charge is 0.331 e. The maximum atomic E-state index is 11.3. The summed E-state index contributed by atoms with van der Waals surface area (Å²) in [5.74, 6) is -1.72. The number of carbonyl (C=O) groups excluding carboxylic acids is 2. The first-order valence-electron chi connectivity index (χ1n) is 4.33. The number of hydrogen-bond acceptors (Lipinski definition) is 3. The van der Waals surface area contributed by atoms with Gasteiger partial charge in [0, 0.05) is 17.6 Å². The largest absolute Gasteiger partial charge is 0.478 e. The molecular weight excluding hydrogens is 217 g/mol. The molecular formula is C9H14NO4P. The lowest BCUT2D eigenvalue weighted by molar-refractivity contribution is -0.133. The molecule has 0 aliphatic rings. The highest BCUT2D eigenvalue weighted by Gasteiger charge is 2.16. The zero-order chi connectivity index (χ0) is 12.0. The highest BCUT2D eigenvalue weighted by molar-refractivity contribution is 7.15. The van der Waals surface area contributed by atoms with E-state index in [1.807, 2.05) is 9.39 Å². The van der Waals surface area contributed by atoms with Crippen LogP contribution in [0.5, 0.6) is 0 Å². The Bertz CT molecular complexity index is 322. The van der Waals surface area contributed by atoms with E-state index in [1.165, 1.54) is 13.8 Å². The van der Waals surface area contributed by atoms with Crippen molar-refractivity contribution in [2.75, 3.05) is 0 Å². The molecule has 0 spiro atoms. The third-order valence-corrected chi connectivity index (χ3v) is 2.17. The summed E-state index contributed by atoms with van der Waals surface area (Å²) in [7, 11) is 2.00. The highest BCUT2D eigenvalue weighted by Crippen LogP contribution is 2.12. The molecule has 0 aromatic rings. The van der Waals surface area contributed by atoms with E-state index in [0.29, 0.717) is 0 Å². The number of carboxylic acids is 1. The van der Waals surface area contributed by atoms with Crippen LogP contribution in [-0.2, 0) is 14.4 Å². The minimum atomic E-state index is -1.15. The van der Waals surface area contributed by atoms with Crippen molar-refractivity contribution in [3.05, 3.63) is 11.1 Å². The molecule has 0 saturated carbocycles. The summed E-state index contributed by atoms with van der Waals surface area (Å²) in [6.45, 7) is 2.74. The maximum Gasteiger partial charge on any atom is 0.331 e. The number of carboxylic acid groups (broad SMARTS) is 1. The number of Topliss-reactive ketones (excluding diaryl/α,β-unsaturated/α-hetero) is 1. The molecule has 0 rings (SSSR count). The first-order chi connectivity index (χ1) is 6.90. The third kappa shape index (κ3) is 4.70. The van der Waals surface area contributed by atoms with Crippen LogP contribution in [0.3, 0.4) is 0 Å². The van der Waals surface area contributed by atoms with Crippen molar-refractivity contribution >= 4 is 27.1 Å². The van der Waals surface area contributed by atoms with E-state index in [-0.39, 0.29) is 29.8 Å². The molecule has 0 heterocycles. The van der Waals surface area contributed by atoms with Gasteiger partial charge in [0.15, 0.2) is 0 Å². The van der Waals surface area contributed by atoms with Crippen LogP contribution in [0, 0.1) is 0 Å². The molecule has 0 bridgehead atoms. The van der Waals surface area contributed by atoms with E-state index in [1.54, 1.807) is 0 Å². The lowest BCUT2D eigenvalue weighted by Gasteiger charge is -2.07. The Morgan fingerprint density at radius 1 is 1.20 bits per heavy atom. The van der Waals surface area contributed by atoms with Gasteiger partial charge in [-0.3, -0.25) is 4.79 Å². The van der Waals surface area contributed by atoms with Crippen molar-refractivity contribution in [3.63, 3.8) is 0 Å². The molecule has 0 saturated heterocycles. The summed E-state index contributed by atoms with van der Waals surface area (Å²) in [6.07, 6.45) is 0.311. The van der Waals surface area contributed by atoms with Gasteiger partial charge < -0.3 is 15.0 Å². The van der Waals surface area contributed by atoms with Gasteiger partial charge in [-0.05, 0) is 29.7 Å². The quantitative estimate of drug-likeness (QED) is 0.538.